The van der Waals surface area contributed by atoms with Crippen LogP contribution in [0.4, 0.5) is 10.1 Å². The van der Waals surface area contributed by atoms with E-state index in [4.69, 9.17) is 0 Å². The van der Waals surface area contributed by atoms with Gasteiger partial charge in [0.1, 0.15) is 11.9 Å². The second kappa shape index (κ2) is 7.35. The molecule has 2 atom stereocenters. The summed E-state index contributed by atoms with van der Waals surface area (Å²) in [7, 11) is 0. The molecule has 8 heteroatoms. The Labute approximate surface area is 169 Å². The Balaban J connectivity index is 1.52. The summed E-state index contributed by atoms with van der Waals surface area (Å²) in [5, 5.41) is 5.66. The molecule has 2 aliphatic rings. The normalized spacial score (nSPS) is 21.3. The van der Waals surface area contributed by atoms with Crippen molar-refractivity contribution in [1.82, 2.24) is 10.2 Å². The summed E-state index contributed by atoms with van der Waals surface area (Å²) in [6.07, 6.45) is 0.813. The van der Waals surface area contributed by atoms with E-state index >= 15 is 0 Å². The number of benzene rings is 2. The summed E-state index contributed by atoms with van der Waals surface area (Å²) in [4.78, 5) is 39.6. The first-order valence-corrected chi connectivity index (χ1v) is 9.69. The van der Waals surface area contributed by atoms with Crippen LogP contribution in [0.5, 0.6) is 0 Å². The van der Waals surface area contributed by atoms with Gasteiger partial charge in [-0.25, -0.2) is 4.39 Å². The van der Waals surface area contributed by atoms with Crippen LogP contribution in [0.1, 0.15) is 33.6 Å². The highest BCUT2D eigenvalue weighted by atomic mass is 79.9. The molecule has 6 nitrogen and oxygen atoms in total. The molecule has 0 bridgehead atoms. The van der Waals surface area contributed by atoms with Crippen molar-refractivity contribution in [2.45, 2.75) is 24.9 Å². The third-order valence-corrected chi connectivity index (χ3v) is 5.55. The van der Waals surface area contributed by atoms with E-state index in [0.717, 1.165) is 4.47 Å². The first-order chi connectivity index (χ1) is 13.4. The zero-order chi connectivity index (χ0) is 19.8. The fourth-order valence-corrected chi connectivity index (χ4v) is 4.02. The SMILES string of the molecule is O=C(N[C@@H]1CCN2C(=O)c3cc(Br)ccc3NC(=O)[C@@H]2C1)c1cccc(F)c1. The Morgan fingerprint density at radius 1 is 1.21 bits per heavy atom. The average Bonchev–Trinajstić information content (AvgIpc) is 2.77. The molecule has 0 spiro atoms. The summed E-state index contributed by atoms with van der Waals surface area (Å²) in [5.41, 5.74) is 1.14. The number of amides is 3. The van der Waals surface area contributed by atoms with Crippen LogP contribution < -0.4 is 10.6 Å². The smallest absolute Gasteiger partial charge is 0.256 e. The average molecular weight is 446 g/mol. The lowest BCUT2D eigenvalue weighted by atomic mass is 9.95. The van der Waals surface area contributed by atoms with E-state index in [2.05, 4.69) is 26.6 Å². The van der Waals surface area contributed by atoms with Gasteiger partial charge in [-0.15, -0.1) is 0 Å². The van der Waals surface area contributed by atoms with Crippen molar-refractivity contribution in [1.29, 1.82) is 0 Å². The quantitative estimate of drug-likeness (QED) is 0.745. The molecule has 28 heavy (non-hydrogen) atoms. The largest absolute Gasteiger partial charge is 0.349 e. The number of halogens is 2. The maximum Gasteiger partial charge on any atom is 0.256 e. The first kappa shape index (κ1) is 18.6. The predicted molar refractivity (Wildman–Crippen MR) is 104 cm³/mol. The van der Waals surface area contributed by atoms with Crippen molar-refractivity contribution in [3.63, 3.8) is 0 Å². The first-order valence-electron chi connectivity index (χ1n) is 8.90. The molecule has 2 aromatic carbocycles. The van der Waals surface area contributed by atoms with Crippen molar-refractivity contribution in [2.75, 3.05) is 11.9 Å². The van der Waals surface area contributed by atoms with E-state index in [1.807, 2.05) is 0 Å². The van der Waals surface area contributed by atoms with E-state index in [0.29, 0.717) is 30.6 Å². The summed E-state index contributed by atoms with van der Waals surface area (Å²) in [6.45, 7) is 0.344. The Bertz CT molecular complexity index is 981. The molecule has 0 radical (unpaired) electrons. The van der Waals surface area contributed by atoms with Crippen LogP contribution in [0.25, 0.3) is 0 Å². The molecule has 0 unspecified atom stereocenters. The van der Waals surface area contributed by atoms with E-state index in [9.17, 15) is 18.8 Å². The van der Waals surface area contributed by atoms with E-state index in [1.54, 1.807) is 23.1 Å². The van der Waals surface area contributed by atoms with Crippen LogP contribution in [-0.4, -0.2) is 41.2 Å². The highest BCUT2D eigenvalue weighted by Crippen LogP contribution is 2.30. The van der Waals surface area contributed by atoms with Gasteiger partial charge in [-0.3, -0.25) is 14.4 Å². The highest BCUT2D eigenvalue weighted by Gasteiger charge is 2.40. The standard InChI is InChI=1S/C20H17BrFN3O3/c21-12-4-5-16-15(9-12)20(28)25-7-6-14(10-17(25)19(27)24-16)23-18(26)11-2-1-3-13(22)8-11/h1-5,8-9,14,17H,6-7,10H2,(H,23,26)(H,24,27)/t14-,17+/m1/s1. The number of fused-ring (bicyclic) bond motifs is 2. The van der Waals surface area contributed by atoms with Crippen molar-refractivity contribution >= 4 is 39.3 Å². The number of piperidine rings is 1. The van der Waals surface area contributed by atoms with Gasteiger partial charge < -0.3 is 15.5 Å². The van der Waals surface area contributed by atoms with Crippen molar-refractivity contribution in [3.8, 4) is 0 Å². The van der Waals surface area contributed by atoms with E-state index in [1.165, 1.54) is 24.3 Å². The summed E-state index contributed by atoms with van der Waals surface area (Å²) in [6, 6.07) is 9.62. The van der Waals surface area contributed by atoms with Gasteiger partial charge in [0.2, 0.25) is 5.91 Å². The Hall–Kier alpha value is -2.74. The van der Waals surface area contributed by atoms with E-state index in [-0.39, 0.29) is 23.4 Å². The van der Waals surface area contributed by atoms with Crippen LogP contribution in [0, 0.1) is 5.82 Å². The molecule has 0 saturated carbocycles. The molecule has 1 saturated heterocycles. The summed E-state index contributed by atoms with van der Waals surface area (Å²) in [5.74, 6) is -1.38. The third-order valence-electron chi connectivity index (χ3n) is 5.06. The molecule has 144 valence electrons. The molecule has 3 amide bonds. The molecule has 0 aromatic heterocycles. The lowest BCUT2D eigenvalue weighted by Gasteiger charge is -2.37. The lowest BCUT2D eigenvalue weighted by Crippen LogP contribution is -2.55. The zero-order valence-electron chi connectivity index (χ0n) is 14.7. The number of hydrogen-bond donors (Lipinski definition) is 2. The Morgan fingerprint density at radius 2 is 2.04 bits per heavy atom. The van der Waals surface area contributed by atoms with Gasteiger partial charge in [0.25, 0.3) is 11.8 Å². The summed E-state index contributed by atoms with van der Waals surface area (Å²) < 4.78 is 14.1. The molecule has 0 aliphatic carbocycles. The van der Waals surface area contributed by atoms with Crippen LogP contribution in [0.2, 0.25) is 0 Å². The van der Waals surface area contributed by atoms with Gasteiger partial charge in [0.05, 0.1) is 11.3 Å². The van der Waals surface area contributed by atoms with Gasteiger partial charge in [0.15, 0.2) is 0 Å². The number of carbonyl (C=O) groups excluding carboxylic acids is 3. The minimum absolute atomic E-state index is 0.213. The second-order valence-electron chi connectivity index (χ2n) is 6.90. The van der Waals surface area contributed by atoms with Crippen LogP contribution in [-0.2, 0) is 4.79 Å². The van der Waals surface area contributed by atoms with Gasteiger partial charge >= 0.3 is 0 Å². The molecule has 2 aliphatic heterocycles. The molecular weight excluding hydrogens is 429 g/mol. The molecule has 2 N–H and O–H groups in total. The topological polar surface area (TPSA) is 78.5 Å². The van der Waals surface area contributed by atoms with Gasteiger partial charge in [0, 0.05) is 22.6 Å². The molecule has 4 rings (SSSR count). The van der Waals surface area contributed by atoms with Gasteiger partial charge in [-0.2, -0.15) is 0 Å². The second-order valence-corrected chi connectivity index (χ2v) is 7.81. The van der Waals surface area contributed by atoms with Crippen molar-refractivity contribution in [2.24, 2.45) is 0 Å². The molecule has 2 aromatic rings. The van der Waals surface area contributed by atoms with Crippen LogP contribution >= 0.6 is 15.9 Å². The van der Waals surface area contributed by atoms with E-state index < -0.39 is 17.8 Å². The minimum Gasteiger partial charge on any atom is -0.349 e. The number of hydrogen-bond acceptors (Lipinski definition) is 3. The fraction of sp³-hybridized carbons (Fsp3) is 0.250. The fourth-order valence-electron chi connectivity index (χ4n) is 3.66. The maximum absolute atomic E-state index is 13.3. The molecule has 2 heterocycles. The predicted octanol–water partition coefficient (Wildman–Crippen LogP) is 2.94. The minimum atomic E-state index is -0.676. The number of anilines is 1. The van der Waals surface area contributed by atoms with Crippen molar-refractivity contribution in [3.05, 3.63) is 63.9 Å². The zero-order valence-corrected chi connectivity index (χ0v) is 16.3. The monoisotopic (exact) mass is 445 g/mol. The Morgan fingerprint density at radius 3 is 2.82 bits per heavy atom. The van der Waals surface area contributed by atoms with Crippen LogP contribution in [0.3, 0.4) is 0 Å². The third kappa shape index (κ3) is 3.52. The lowest BCUT2D eigenvalue weighted by molar-refractivity contribution is -0.121. The highest BCUT2D eigenvalue weighted by molar-refractivity contribution is 9.10. The van der Waals surface area contributed by atoms with Gasteiger partial charge in [-0.05, 0) is 49.2 Å². The Kier molecular flexibility index (Phi) is 4.89. The number of nitrogens with zero attached hydrogens (tertiary/aromatic N) is 1. The summed E-state index contributed by atoms with van der Waals surface area (Å²) >= 11 is 3.35. The number of nitrogens with one attached hydrogen (secondary N) is 2. The van der Waals surface area contributed by atoms with Gasteiger partial charge in [-0.1, -0.05) is 22.0 Å². The number of rotatable bonds is 2. The van der Waals surface area contributed by atoms with Crippen LogP contribution in [0.15, 0.2) is 46.9 Å². The molecular formula is C20H17BrFN3O3. The van der Waals surface area contributed by atoms with Crippen molar-refractivity contribution < 1.29 is 18.8 Å². The molecule has 1 fully saturated rings. The maximum atomic E-state index is 13.3. The number of carbonyl (C=O) groups is 3.